The van der Waals surface area contributed by atoms with Crippen molar-refractivity contribution in [2.24, 2.45) is 0 Å². The van der Waals surface area contributed by atoms with E-state index >= 15 is 0 Å². The molecule has 1 aliphatic heterocycles. The minimum Gasteiger partial charge on any atom is -0.486 e. The minimum absolute atomic E-state index is 0.0842. The van der Waals surface area contributed by atoms with Gasteiger partial charge in [-0.3, -0.25) is 9.69 Å². The molecular formula is C20H30N2O2. The minimum atomic E-state index is -0.0842. The topological polar surface area (TPSA) is 41.6 Å². The molecule has 4 nitrogen and oxygen atoms in total. The molecule has 1 fully saturated rings. The Balaban J connectivity index is 1.70. The third-order valence-corrected chi connectivity index (χ3v) is 5.67. The lowest BCUT2D eigenvalue weighted by Crippen LogP contribution is -2.44. The van der Waals surface area contributed by atoms with Gasteiger partial charge in [0.05, 0.1) is 18.3 Å². The van der Waals surface area contributed by atoms with Crippen LogP contribution in [0.25, 0.3) is 0 Å². The molecule has 1 aromatic carbocycles. The number of Topliss-reactive ketones (excluding diaryl/α,β-unsaturated/α-hetero) is 1. The maximum Gasteiger partial charge on any atom is 0.179 e. The van der Waals surface area contributed by atoms with Gasteiger partial charge in [0.15, 0.2) is 5.78 Å². The molecule has 0 amide bonds. The molecule has 2 aliphatic rings. The summed E-state index contributed by atoms with van der Waals surface area (Å²) in [5.41, 5.74) is 1.72. The van der Waals surface area contributed by atoms with Crippen molar-refractivity contribution in [1.29, 1.82) is 0 Å². The van der Waals surface area contributed by atoms with E-state index < -0.39 is 0 Å². The van der Waals surface area contributed by atoms with Crippen molar-refractivity contribution in [2.45, 2.75) is 70.6 Å². The van der Waals surface area contributed by atoms with E-state index in [9.17, 15) is 4.79 Å². The quantitative estimate of drug-likeness (QED) is 0.825. The molecule has 24 heavy (non-hydrogen) atoms. The summed E-state index contributed by atoms with van der Waals surface area (Å²) in [6, 6.07) is 6.26. The second-order valence-corrected chi connectivity index (χ2v) is 7.24. The lowest BCUT2D eigenvalue weighted by Gasteiger charge is -2.35. The van der Waals surface area contributed by atoms with Crippen LogP contribution < -0.4 is 10.1 Å². The number of carbonyl (C=O) groups excluding carboxylic acids is 1. The number of nitrogens with one attached hydrogen (secondary N) is 1. The van der Waals surface area contributed by atoms with E-state index in [1.165, 1.54) is 32.1 Å². The zero-order valence-corrected chi connectivity index (χ0v) is 15.2. The molecule has 1 aliphatic carbocycles. The third-order valence-electron chi connectivity index (χ3n) is 5.67. The van der Waals surface area contributed by atoms with Gasteiger partial charge in [0.1, 0.15) is 11.9 Å². The highest BCUT2D eigenvalue weighted by Crippen LogP contribution is 2.31. The molecule has 0 bridgehead atoms. The second kappa shape index (κ2) is 7.56. The number of ketones is 1. The molecule has 2 unspecified atom stereocenters. The van der Waals surface area contributed by atoms with Crippen LogP contribution in [0.5, 0.6) is 5.75 Å². The van der Waals surface area contributed by atoms with Crippen LogP contribution in [0.1, 0.15) is 62.7 Å². The van der Waals surface area contributed by atoms with Gasteiger partial charge in [-0.2, -0.15) is 0 Å². The molecule has 132 valence electrons. The van der Waals surface area contributed by atoms with Crippen molar-refractivity contribution in [1.82, 2.24) is 4.90 Å². The van der Waals surface area contributed by atoms with Crippen molar-refractivity contribution in [3.05, 3.63) is 23.8 Å². The summed E-state index contributed by atoms with van der Waals surface area (Å²) in [5.74, 6) is 1.06. The maximum absolute atomic E-state index is 12.9. The first-order valence-electron chi connectivity index (χ1n) is 9.41. The number of carbonyl (C=O) groups is 1. The monoisotopic (exact) mass is 330 g/mol. The van der Waals surface area contributed by atoms with Crippen LogP contribution >= 0.6 is 0 Å². The molecule has 1 N–H and O–H groups in total. The van der Waals surface area contributed by atoms with Gasteiger partial charge < -0.3 is 10.1 Å². The predicted octanol–water partition coefficient (Wildman–Crippen LogP) is 4.11. The van der Waals surface area contributed by atoms with E-state index in [1.807, 2.05) is 25.1 Å². The normalized spacial score (nSPS) is 22.4. The van der Waals surface area contributed by atoms with Crippen molar-refractivity contribution >= 4 is 11.5 Å². The molecule has 0 radical (unpaired) electrons. The Morgan fingerprint density at radius 3 is 2.79 bits per heavy atom. The van der Waals surface area contributed by atoms with Gasteiger partial charge >= 0.3 is 0 Å². The van der Waals surface area contributed by atoms with Crippen LogP contribution in [0.4, 0.5) is 5.69 Å². The van der Waals surface area contributed by atoms with Gasteiger partial charge in [-0.1, -0.05) is 26.2 Å². The van der Waals surface area contributed by atoms with E-state index in [4.69, 9.17) is 4.74 Å². The molecule has 0 spiro atoms. The average Bonchev–Trinajstić information content (AvgIpc) is 2.66. The zero-order valence-electron chi connectivity index (χ0n) is 15.2. The number of rotatable bonds is 5. The number of hydrogen-bond donors (Lipinski definition) is 1. The highest BCUT2D eigenvalue weighted by Gasteiger charge is 2.27. The number of benzene rings is 1. The van der Waals surface area contributed by atoms with Crippen LogP contribution in [0.2, 0.25) is 0 Å². The van der Waals surface area contributed by atoms with Gasteiger partial charge in [0, 0.05) is 11.6 Å². The maximum atomic E-state index is 12.9. The Kier molecular flexibility index (Phi) is 5.44. The Bertz CT molecular complexity index is 581. The molecule has 0 saturated heterocycles. The van der Waals surface area contributed by atoms with Crippen LogP contribution in [-0.4, -0.2) is 42.5 Å². The smallest absolute Gasteiger partial charge is 0.179 e. The van der Waals surface area contributed by atoms with Gasteiger partial charge in [0.25, 0.3) is 0 Å². The molecule has 1 saturated carbocycles. The SMILES string of the molecule is CCC1CNc2cc(C(=O)C(C)N(C)C3CCCCC3)ccc2O1. The summed E-state index contributed by atoms with van der Waals surface area (Å²) in [6.45, 7) is 4.96. The fourth-order valence-electron chi connectivity index (χ4n) is 3.83. The zero-order chi connectivity index (χ0) is 17.1. The number of nitrogens with zero attached hydrogens (tertiary/aromatic N) is 1. The molecule has 2 atom stereocenters. The summed E-state index contributed by atoms with van der Waals surface area (Å²) in [6.07, 6.45) is 7.54. The summed E-state index contributed by atoms with van der Waals surface area (Å²) < 4.78 is 5.93. The Morgan fingerprint density at radius 2 is 2.08 bits per heavy atom. The summed E-state index contributed by atoms with van der Waals surface area (Å²) in [4.78, 5) is 15.2. The number of hydrogen-bond acceptors (Lipinski definition) is 4. The van der Waals surface area contributed by atoms with Crippen LogP contribution in [0.3, 0.4) is 0 Å². The van der Waals surface area contributed by atoms with Crippen LogP contribution in [0, 0.1) is 0 Å². The number of likely N-dealkylation sites (N-methyl/N-ethyl adjacent to an activating group) is 1. The van der Waals surface area contributed by atoms with Gasteiger partial charge in [0.2, 0.25) is 0 Å². The molecule has 1 aromatic rings. The van der Waals surface area contributed by atoms with Crippen molar-refractivity contribution in [2.75, 3.05) is 18.9 Å². The van der Waals surface area contributed by atoms with E-state index in [2.05, 4.69) is 24.2 Å². The Hall–Kier alpha value is -1.55. The largest absolute Gasteiger partial charge is 0.486 e. The van der Waals surface area contributed by atoms with Gasteiger partial charge in [-0.15, -0.1) is 0 Å². The fraction of sp³-hybridized carbons (Fsp3) is 0.650. The van der Waals surface area contributed by atoms with Crippen molar-refractivity contribution in [3.8, 4) is 5.75 Å². The van der Waals surface area contributed by atoms with Gasteiger partial charge in [-0.25, -0.2) is 0 Å². The first-order valence-corrected chi connectivity index (χ1v) is 9.41. The second-order valence-electron chi connectivity index (χ2n) is 7.24. The number of ether oxygens (including phenoxy) is 1. The number of fused-ring (bicyclic) bond motifs is 1. The molecule has 0 aromatic heterocycles. The number of anilines is 1. The first-order chi connectivity index (χ1) is 11.6. The summed E-state index contributed by atoms with van der Waals surface area (Å²) in [7, 11) is 2.10. The summed E-state index contributed by atoms with van der Waals surface area (Å²) in [5, 5.41) is 3.40. The van der Waals surface area contributed by atoms with Crippen LogP contribution in [0.15, 0.2) is 18.2 Å². The summed E-state index contributed by atoms with van der Waals surface area (Å²) >= 11 is 0. The van der Waals surface area contributed by atoms with E-state index in [1.54, 1.807) is 0 Å². The molecule has 1 heterocycles. The Labute approximate surface area is 145 Å². The third kappa shape index (κ3) is 3.59. The van der Waals surface area contributed by atoms with E-state index in [0.717, 1.165) is 30.0 Å². The lowest BCUT2D eigenvalue weighted by molar-refractivity contribution is 0.0778. The molecule has 3 rings (SSSR count). The Morgan fingerprint density at radius 1 is 1.33 bits per heavy atom. The van der Waals surface area contributed by atoms with E-state index in [-0.39, 0.29) is 17.9 Å². The van der Waals surface area contributed by atoms with Crippen molar-refractivity contribution in [3.63, 3.8) is 0 Å². The van der Waals surface area contributed by atoms with E-state index in [0.29, 0.717) is 6.04 Å². The predicted molar refractivity (Wildman–Crippen MR) is 98.1 cm³/mol. The molecule has 4 heteroatoms. The molecular weight excluding hydrogens is 300 g/mol. The fourth-order valence-corrected chi connectivity index (χ4v) is 3.83. The lowest BCUT2D eigenvalue weighted by atomic mass is 9.92. The first kappa shape index (κ1) is 17.3. The van der Waals surface area contributed by atoms with Gasteiger partial charge in [-0.05, 0) is 51.4 Å². The standard InChI is InChI=1S/C20H30N2O2/c1-4-17-13-21-18-12-15(10-11-19(18)24-17)20(23)14(2)22(3)16-8-6-5-7-9-16/h10-12,14,16-17,21H,4-9,13H2,1-3H3. The highest BCUT2D eigenvalue weighted by atomic mass is 16.5. The van der Waals surface area contributed by atoms with Crippen LogP contribution in [-0.2, 0) is 0 Å². The highest BCUT2D eigenvalue weighted by molar-refractivity contribution is 6.01. The van der Waals surface area contributed by atoms with Crippen molar-refractivity contribution < 1.29 is 9.53 Å². The average molecular weight is 330 g/mol.